The van der Waals surface area contributed by atoms with Crippen molar-refractivity contribution in [1.29, 1.82) is 0 Å². The van der Waals surface area contributed by atoms with Crippen molar-refractivity contribution in [2.45, 2.75) is 31.8 Å². The maximum absolute atomic E-state index is 12.3. The minimum absolute atomic E-state index is 0.0360. The molecule has 1 rings (SSSR count). The van der Waals surface area contributed by atoms with Crippen LogP contribution in [0.1, 0.15) is 30.7 Å². The smallest absolute Gasteiger partial charge is 0.237 e. The van der Waals surface area contributed by atoms with E-state index >= 15 is 0 Å². The first kappa shape index (κ1) is 17.1. The Morgan fingerprint density at radius 2 is 2.00 bits per heavy atom. The zero-order valence-corrected chi connectivity index (χ0v) is 14.0. The molecule has 0 spiro atoms. The molecule has 0 saturated carbocycles. The van der Waals surface area contributed by atoms with Gasteiger partial charge < -0.3 is 10.2 Å². The second kappa shape index (κ2) is 8.39. The summed E-state index contributed by atoms with van der Waals surface area (Å²) in [5.41, 5.74) is 0. The number of carbonyl (C=O) groups is 1. The number of carbonyl (C=O) groups excluding carboxylic acids is 1. The lowest BCUT2D eigenvalue weighted by Gasteiger charge is -2.27. The first-order chi connectivity index (χ1) is 9.47. The topological polar surface area (TPSA) is 35.6 Å². The van der Waals surface area contributed by atoms with Gasteiger partial charge in [0.15, 0.2) is 0 Å². The maximum Gasteiger partial charge on any atom is 0.237 e. The van der Waals surface area contributed by atoms with Crippen LogP contribution in [0.25, 0.3) is 0 Å². The standard InChI is InChI=1S/C15H27N3OS/c1-6-8-12(17(2)3)15(19)16-11-13(18(4)5)14-9-7-10-20-14/h7,9-10,12-13H,6,8,11H2,1-5H3,(H,16,19)/t12-,13+/m1/s1. The van der Waals surface area contributed by atoms with E-state index in [0.29, 0.717) is 6.54 Å². The molecular formula is C15H27N3OS. The molecule has 0 bridgehead atoms. The first-order valence-corrected chi connectivity index (χ1v) is 7.99. The molecule has 5 heteroatoms. The van der Waals surface area contributed by atoms with Gasteiger partial charge in [-0.25, -0.2) is 0 Å². The van der Waals surface area contributed by atoms with E-state index in [4.69, 9.17) is 0 Å². The second-order valence-corrected chi connectivity index (χ2v) is 6.49. The van der Waals surface area contributed by atoms with Crippen molar-refractivity contribution >= 4 is 17.2 Å². The Morgan fingerprint density at radius 3 is 2.45 bits per heavy atom. The van der Waals surface area contributed by atoms with E-state index in [9.17, 15) is 4.79 Å². The van der Waals surface area contributed by atoms with Crippen molar-refractivity contribution in [3.05, 3.63) is 22.4 Å². The monoisotopic (exact) mass is 297 g/mol. The van der Waals surface area contributed by atoms with Crippen LogP contribution in [0.5, 0.6) is 0 Å². The number of hydrogen-bond acceptors (Lipinski definition) is 4. The Balaban J connectivity index is 2.61. The van der Waals surface area contributed by atoms with Gasteiger partial charge in [-0.15, -0.1) is 11.3 Å². The van der Waals surface area contributed by atoms with Crippen molar-refractivity contribution in [3.63, 3.8) is 0 Å². The molecule has 0 aromatic carbocycles. The summed E-state index contributed by atoms with van der Waals surface area (Å²) in [6.45, 7) is 2.76. The Morgan fingerprint density at radius 1 is 1.30 bits per heavy atom. The number of thiophene rings is 1. The summed E-state index contributed by atoms with van der Waals surface area (Å²) in [5, 5.41) is 5.18. The molecule has 1 aromatic heterocycles. The summed E-state index contributed by atoms with van der Waals surface area (Å²) in [5.74, 6) is 0.125. The Labute approximate surface area is 126 Å². The molecular weight excluding hydrogens is 270 g/mol. The van der Waals surface area contributed by atoms with Gasteiger partial charge >= 0.3 is 0 Å². The lowest BCUT2D eigenvalue weighted by atomic mass is 10.1. The molecule has 20 heavy (non-hydrogen) atoms. The van der Waals surface area contributed by atoms with Gasteiger partial charge in [0, 0.05) is 11.4 Å². The molecule has 0 fully saturated rings. The molecule has 0 aliphatic heterocycles. The van der Waals surface area contributed by atoms with E-state index in [0.717, 1.165) is 12.8 Å². The fourth-order valence-electron chi connectivity index (χ4n) is 2.23. The van der Waals surface area contributed by atoms with Gasteiger partial charge in [-0.2, -0.15) is 0 Å². The molecule has 0 unspecified atom stereocenters. The van der Waals surface area contributed by atoms with Gasteiger partial charge in [0.25, 0.3) is 0 Å². The van der Waals surface area contributed by atoms with E-state index in [2.05, 4.69) is 34.7 Å². The number of nitrogens with zero attached hydrogens (tertiary/aromatic N) is 2. The molecule has 0 saturated heterocycles. The summed E-state index contributed by atoms with van der Waals surface area (Å²) in [7, 11) is 8.02. The molecule has 4 nitrogen and oxygen atoms in total. The predicted molar refractivity (Wildman–Crippen MR) is 86.1 cm³/mol. The SMILES string of the molecule is CCC[C@H](C(=O)NC[C@@H](c1cccs1)N(C)C)N(C)C. The van der Waals surface area contributed by atoms with Crippen LogP contribution in [-0.2, 0) is 4.79 Å². The molecule has 0 radical (unpaired) electrons. The Bertz CT molecular complexity index is 390. The quantitative estimate of drug-likeness (QED) is 0.799. The third kappa shape index (κ3) is 4.89. The minimum Gasteiger partial charge on any atom is -0.353 e. The van der Waals surface area contributed by atoms with E-state index < -0.39 is 0 Å². The third-order valence-corrected chi connectivity index (χ3v) is 4.43. The summed E-state index contributed by atoms with van der Waals surface area (Å²) in [6.07, 6.45) is 1.91. The van der Waals surface area contributed by atoms with E-state index in [-0.39, 0.29) is 18.0 Å². The van der Waals surface area contributed by atoms with E-state index in [1.807, 2.05) is 33.1 Å². The molecule has 1 amide bonds. The lowest BCUT2D eigenvalue weighted by molar-refractivity contribution is -0.126. The highest BCUT2D eigenvalue weighted by Gasteiger charge is 2.22. The third-order valence-electron chi connectivity index (χ3n) is 3.45. The number of likely N-dealkylation sites (N-methyl/N-ethyl adjacent to an activating group) is 2. The zero-order chi connectivity index (χ0) is 15.1. The van der Waals surface area contributed by atoms with Crippen molar-refractivity contribution in [3.8, 4) is 0 Å². The van der Waals surface area contributed by atoms with Crippen LogP contribution in [0.3, 0.4) is 0 Å². The highest BCUT2D eigenvalue weighted by atomic mass is 32.1. The van der Waals surface area contributed by atoms with Crippen molar-refractivity contribution in [2.75, 3.05) is 34.7 Å². The van der Waals surface area contributed by atoms with Gasteiger partial charge in [0.2, 0.25) is 5.91 Å². The van der Waals surface area contributed by atoms with Crippen molar-refractivity contribution in [1.82, 2.24) is 15.1 Å². The minimum atomic E-state index is -0.0360. The summed E-state index contributed by atoms with van der Waals surface area (Å²) in [4.78, 5) is 17.7. The fourth-order valence-corrected chi connectivity index (χ4v) is 3.15. The highest BCUT2D eigenvalue weighted by Crippen LogP contribution is 2.22. The maximum atomic E-state index is 12.3. The van der Waals surface area contributed by atoms with Gasteiger partial charge in [-0.3, -0.25) is 9.69 Å². The highest BCUT2D eigenvalue weighted by molar-refractivity contribution is 7.10. The predicted octanol–water partition coefficient (Wildman–Crippen LogP) is 2.20. The fraction of sp³-hybridized carbons (Fsp3) is 0.667. The van der Waals surface area contributed by atoms with Crippen LogP contribution in [0.2, 0.25) is 0 Å². The largest absolute Gasteiger partial charge is 0.353 e. The average Bonchev–Trinajstić information content (AvgIpc) is 2.88. The van der Waals surface area contributed by atoms with E-state index in [1.165, 1.54) is 4.88 Å². The second-order valence-electron chi connectivity index (χ2n) is 5.51. The number of hydrogen-bond donors (Lipinski definition) is 1. The summed E-state index contributed by atoms with van der Waals surface area (Å²) < 4.78 is 0. The lowest BCUT2D eigenvalue weighted by Crippen LogP contribution is -2.45. The van der Waals surface area contributed by atoms with Crippen LogP contribution in [-0.4, -0.2) is 56.5 Å². The number of amides is 1. The van der Waals surface area contributed by atoms with Crippen LogP contribution in [0.15, 0.2) is 17.5 Å². The first-order valence-electron chi connectivity index (χ1n) is 7.11. The molecule has 0 aliphatic rings. The molecule has 1 aromatic rings. The van der Waals surface area contributed by atoms with Gasteiger partial charge in [-0.05, 0) is 46.1 Å². The summed E-state index contributed by atoms with van der Waals surface area (Å²) in [6, 6.07) is 4.38. The summed E-state index contributed by atoms with van der Waals surface area (Å²) >= 11 is 1.73. The number of rotatable bonds is 8. The van der Waals surface area contributed by atoms with Crippen LogP contribution in [0.4, 0.5) is 0 Å². The average molecular weight is 297 g/mol. The van der Waals surface area contributed by atoms with Crippen molar-refractivity contribution in [2.24, 2.45) is 0 Å². The van der Waals surface area contributed by atoms with Gasteiger partial charge in [0.1, 0.15) is 0 Å². The van der Waals surface area contributed by atoms with E-state index in [1.54, 1.807) is 11.3 Å². The molecule has 2 atom stereocenters. The molecule has 1 N–H and O–H groups in total. The zero-order valence-electron chi connectivity index (χ0n) is 13.2. The number of nitrogens with one attached hydrogen (secondary N) is 1. The van der Waals surface area contributed by atoms with Crippen LogP contribution >= 0.6 is 11.3 Å². The molecule has 114 valence electrons. The van der Waals surface area contributed by atoms with Gasteiger partial charge in [0.05, 0.1) is 12.1 Å². The van der Waals surface area contributed by atoms with Crippen molar-refractivity contribution < 1.29 is 4.79 Å². The Kier molecular flexibility index (Phi) is 7.19. The normalized spacial score (nSPS) is 14.6. The Hall–Kier alpha value is -0.910. The van der Waals surface area contributed by atoms with Crippen LogP contribution < -0.4 is 5.32 Å². The van der Waals surface area contributed by atoms with Crippen LogP contribution in [0, 0.1) is 0 Å². The molecule has 1 heterocycles. The molecule has 0 aliphatic carbocycles. The van der Waals surface area contributed by atoms with Gasteiger partial charge in [-0.1, -0.05) is 19.4 Å².